The highest BCUT2D eigenvalue weighted by molar-refractivity contribution is 6.17. The standard InChI is InChI=1S/C17H21ClN2O/c1-12-10-14(13-6-4-5-7-15(13)20-12)16(21)19-11-17(2,3)8-9-18/h4-7,10H,8-9,11H2,1-3H3,(H,19,21). The summed E-state index contributed by atoms with van der Waals surface area (Å²) in [6.07, 6.45) is 0.866. The van der Waals surface area contributed by atoms with Gasteiger partial charge in [0.1, 0.15) is 0 Å². The summed E-state index contributed by atoms with van der Waals surface area (Å²) in [5, 5.41) is 3.90. The lowest BCUT2D eigenvalue weighted by Crippen LogP contribution is -2.34. The quantitative estimate of drug-likeness (QED) is 0.850. The number of hydrogen-bond donors (Lipinski definition) is 1. The number of aromatic nitrogens is 1. The Hall–Kier alpha value is -1.61. The first-order valence-corrected chi connectivity index (χ1v) is 7.67. The van der Waals surface area contributed by atoms with Crippen LogP contribution in [0.15, 0.2) is 30.3 Å². The number of halogens is 1. The minimum Gasteiger partial charge on any atom is -0.351 e. The molecule has 0 saturated heterocycles. The molecule has 1 aromatic heterocycles. The van der Waals surface area contributed by atoms with Gasteiger partial charge in [-0.15, -0.1) is 11.6 Å². The molecule has 0 aliphatic heterocycles. The number of fused-ring (bicyclic) bond motifs is 1. The second-order valence-electron chi connectivity index (χ2n) is 6.11. The third kappa shape index (κ3) is 3.94. The van der Waals surface area contributed by atoms with E-state index in [9.17, 15) is 4.79 Å². The number of hydrogen-bond acceptors (Lipinski definition) is 2. The van der Waals surface area contributed by atoms with Gasteiger partial charge in [-0.05, 0) is 30.9 Å². The molecule has 2 aromatic rings. The van der Waals surface area contributed by atoms with Gasteiger partial charge in [0.2, 0.25) is 0 Å². The lowest BCUT2D eigenvalue weighted by Gasteiger charge is -2.24. The number of rotatable bonds is 5. The summed E-state index contributed by atoms with van der Waals surface area (Å²) in [6, 6.07) is 9.55. The van der Waals surface area contributed by atoms with Crippen LogP contribution >= 0.6 is 11.6 Å². The number of nitrogens with zero attached hydrogens (tertiary/aromatic N) is 1. The monoisotopic (exact) mass is 304 g/mol. The van der Waals surface area contributed by atoms with Crippen LogP contribution in [0.25, 0.3) is 10.9 Å². The summed E-state index contributed by atoms with van der Waals surface area (Å²) in [5.74, 6) is 0.541. The molecule has 1 heterocycles. The first-order valence-electron chi connectivity index (χ1n) is 7.13. The van der Waals surface area contributed by atoms with E-state index in [0.717, 1.165) is 23.0 Å². The van der Waals surface area contributed by atoms with Gasteiger partial charge in [-0.3, -0.25) is 9.78 Å². The third-order valence-electron chi connectivity index (χ3n) is 3.59. The molecule has 0 unspecified atom stereocenters. The molecular weight excluding hydrogens is 284 g/mol. The molecule has 0 atom stereocenters. The average molecular weight is 305 g/mol. The Morgan fingerprint density at radius 2 is 2.05 bits per heavy atom. The van der Waals surface area contributed by atoms with Crippen molar-refractivity contribution >= 4 is 28.4 Å². The molecule has 1 aromatic carbocycles. The van der Waals surface area contributed by atoms with E-state index in [1.807, 2.05) is 37.3 Å². The molecular formula is C17H21ClN2O. The molecule has 1 N–H and O–H groups in total. The van der Waals surface area contributed by atoms with Gasteiger partial charge in [0.25, 0.3) is 5.91 Å². The van der Waals surface area contributed by atoms with Crippen molar-refractivity contribution in [3.63, 3.8) is 0 Å². The van der Waals surface area contributed by atoms with E-state index in [0.29, 0.717) is 18.0 Å². The van der Waals surface area contributed by atoms with Gasteiger partial charge in [-0.1, -0.05) is 32.0 Å². The molecule has 0 aliphatic rings. The Bertz CT molecular complexity index is 652. The maximum absolute atomic E-state index is 12.5. The summed E-state index contributed by atoms with van der Waals surface area (Å²) >= 11 is 5.80. The maximum Gasteiger partial charge on any atom is 0.252 e. The van der Waals surface area contributed by atoms with Gasteiger partial charge >= 0.3 is 0 Å². The number of pyridine rings is 1. The van der Waals surface area contributed by atoms with Gasteiger partial charge < -0.3 is 5.32 Å². The first kappa shape index (κ1) is 15.8. The molecule has 0 radical (unpaired) electrons. The lowest BCUT2D eigenvalue weighted by molar-refractivity contribution is 0.0937. The smallest absolute Gasteiger partial charge is 0.252 e. The number of benzene rings is 1. The van der Waals surface area contributed by atoms with Crippen molar-refractivity contribution in [2.24, 2.45) is 5.41 Å². The number of nitrogens with one attached hydrogen (secondary N) is 1. The molecule has 0 fully saturated rings. The first-order chi connectivity index (χ1) is 9.93. The summed E-state index contributed by atoms with van der Waals surface area (Å²) in [7, 11) is 0. The van der Waals surface area contributed by atoms with Crippen LogP contribution in [0.2, 0.25) is 0 Å². The number of para-hydroxylation sites is 1. The third-order valence-corrected chi connectivity index (χ3v) is 3.78. The zero-order chi connectivity index (χ0) is 15.5. The van der Waals surface area contributed by atoms with Crippen molar-refractivity contribution in [1.29, 1.82) is 0 Å². The van der Waals surface area contributed by atoms with Crippen molar-refractivity contribution in [2.45, 2.75) is 27.2 Å². The van der Waals surface area contributed by atoms with E-state index in [4.69, 9.17) is 11.6 Å². The number of carbonyl (C=O) groups is 1. The molecule has 3 nitrogen and oxygen atoms in total. The van der Waals surface area contributed by atoms with E-state index in [-0.39, 0.29) is 11.3 Å². The Balaban J connectivity index is 2.24. The summed E-state index contributed by atoms with van der Waals surface area (Å²) in [6.45, 7) is 6.71. The zero-order valence-corrected chi connectivity index (χ0v) is 13.5. The van der Waals surface area contributed by atoms with E-state index in [1.54, 1.807) is 0 Å². The largest absolute Gasteiger partial charge is 0.351 e. The van der Waals surface area contributed by atoms with Gasteiger partial charge in [0.15, 0.2) is 0 Å². The fourth-order valence-electron chi connectivity index (χ4n) is 2.25. The lowest BCUT2D eigenvalue weighted by atomic mass is 9.90. The van der Waals surface area contributed by atoms with Crippen LogP contribution in [0.1, 0.15) is 36.3 Å². The SMILES string of the molecule is Cc1cc(C(=O)NCC(C)(C)CCCl)c2ccccc2n1. The van der Waals surface area contributed by atoms with E-state index < -0.39 is 0 Å². The molecule has 21 heavy (non-hydrogen) atoms. The van der Waals surface area contributed by atoms with Gasteiger partial charge in [-0.2, -0.15) is 0 Å². The maximum atomic E-state index is 12.5. The van der Waals surface area contributed by atoms with E-state index in [1.165, 1.54) is 0 Å². The molecule has 0 aliphatic carbocycles. The number of alkyl halides is 1. The highest BCUT2D eigenvalue weighted by Gasteiger charge is 2.19. The van der Waals surface area contributed by atoms with Gasteiger partial charge in [0.05, 0.1) is 11.1 Å². The van der Waals surface area contributed by atoms with Crippen LogP contribution < -0.4 is 5.32 Å². The molecule has 1 amide bonds. The molecule has 2 rings (SSSR count). The normalized spacial score (nSPS) is 11.6. The highest BCUT2D eigenvalue weighted by Crippen LogP contribution is 2.21. The van der Waals surface area contributed by atoms with E-state index >= 15 is 0 Å². The fraction of sp³-hybridized carbons (Fsp3) is 0.412. The predicted molar refractivity (Wildman–Crippen MR) is 87.9 cm³/mol. The van der Waals surface area contributed by atoms with Crippen LogP contribution in [0.3, 0.4) is 0 Å². The molecule has 4 heteroatoms. The molecule has 0 spiro atoms. The van der Waals surface area contributed by atoms with Crippen LogP contribution in [-0.2, 0) is 0 Å². The van der Waals surface area contributed by atoms with Crippen LogP contribution in [-0.4, -0.2) is 23.3 Å². The number of aryl methyl sites for hydroxylation is 1. The van der Waals surface area contributed by atoms with Crippen LogP contribution in [0.4, 0.5) is 0 Å². The highest BCUT2D eigenvalue weighted by atomic mass is 35.5. The summed E-state index contributed by atoms with van der Waals surface area (Å²) in [5.41, 5.74) is 2.37. The number of carbonyl (C=O) groups excluding carboxylic acids is 1. The molecule has 0 saturated carbocycles. The molecule has 112 valence electrons. The Morgan fingerprint density at radius 1 is 1.33 bits per heavy atom. The van der Waals surface area contributed by atoms with Crippen molar-refractivity contribution < 1.29 is 4.79 Å². The summed E-state index contributed by atoms with van der Waals surface area (Å²) in [4.78, 5) is 16.9. The van der Waals surface area contributed by atoms with Crippen LogP contribution in [0, 0.1) is 12.3 Å². The predicted octanol–water partition coefficient (Wildman–Crippen LogP) is 3.93. The Kier molecular flexibility index (Phi) is 4.84. The van der Waals surface area contributed by atoms with Crippen molar-refractivity contribution in [3.8, 4) is 0 Å². The fourth-order valence-corrected chi connectivity index (χ4v) is 2.77. The minimum atomic E-state index is -0.0562. The minimum absolute atomic E-state index is 0.00467. The molecule has 0 bridgehead atoms. The van der Waals surface area contributed by atoms with Crippen molar-refractivity contribution in [2.75, 3.05) is 12.4 Å². The summed E-state index contributed by atoms with van der Waals surface area (Å²) < 4.78 is 0. The second-order valence-corrected chi connectivity index (χ2v) is 6.49. The average Bonchev–Trinajstić information content (AvgIpc) is 2.44. The topological polar surface area (TPSA) is 42.0 Å². The van der Waals surface area contributed by atoms with Crippen molar-refractivity contribution in [3.05, 3.63) is 41.6 Å². The van der Waals surface area contributed by atoms with Gasteiger partial charge in [0, 0.05) is 23.5 Å². The second kappa shape index (κ2) is 6.44. The Morgan fingerprint density at radius 3 is 2.76 bits per heavy atom. The Labute approximate surface area is 130 Å². The van der Waals surface area contributed by atoms with Crippen molar-refractivity contribution in [1.82, 2.24) is 10.3 Å². The van der Waals surface area contributed by atoms with E-state index in [2.05, 4.69) is 24.1 Å². The van der Waals surface area contributed by atoms with Crippen LogP contribution in [0.5, 0.6) is 0 Å². The van der Waals surface area contributed by atoms with Gasteiger partial charge in [-0.25, -0.2) is 0 Å². The zero-order valence-electron chi connectivity index (χ0n) is 12.7. The number of amides is 1.